The smallest absolute Gasteiger partial charge is 0.160 e. The Hall–Kier alpha value is -7.14. The second kappa shape index (κ2) is 12.2. The van der Waals surface area contributed by atoms with Crippen LogP contribution in [0.3, 0.4) is 0 Å². The number of thiophene rings is 1. The lowest BCUT2D eigenvalue weighted by atomic mass is 9.96. The molecule has 0 aliphatic heterocycles. The molecule has 12 rings (SSSR count). The molecule has 0 radical (unpaired) electrons. The molecule has 0 spiro atoms. The van der Waals surface area contributed by atoms with Gasteiger partial charge in [0.1, 0.15) is 16.7 Å². The summed E-state index contributed by atoms with van der Waals surface area (Å²) in [5.41, 5.74) is 11.1. The maximum atomic E-state index is 7.17. The molecule has 3 aromatic heterocycles. The van der Waals surface area contributed by atoms with Crippen molar-refractivity contribution < 1.29 is 8.83 Å². The lowest BCUT2D eigenvalue weighted by Crippen LogP contribution is -2.11. The van der Waals surface area contributed by atoms with Crippen LogP contribution >= 0.6 is 11.3 Å². The molecule has 12 aromatic rings. The molecular formula is C52H31NO2S. The fourth-order valence-corrected chi connectivity index (χ4v) is 9.92. The minimum absolute atomic E-state index is 0.827. The van der Waals surface area contributed by atoms with Crippen LogP contribution in [0.1, 0.15) is 0 Å². The Kier molecular flexibility index (Phi) is 6.80. The van der Waals surface area contributed by atoms with Crippen LogP contribution in [0.4, 0.5) is 17.1 Å². The van der Waals surface area contributed by atoms with Gasteiger partial charge in [0.05, 0.1) is 5.69 Å². The maximum absolute atomic E-state index is 7.17. The van der Waals surface area contributed by atoms with Crippen LogP contribution in [-0.4, -0.2) is 0 Å². The first-order valence-electron chi connectivity index (χ1n) is 18.9. The molecule has 0 unspecified atom stereocenters. The molecule has 0 amide bonds. The zero-order chi connectivity index (χ0) is 36.7. The molecule has 0 atom stereocenters. The minimum Gasteiger partial charge on any atom is -0.456 e. The highest BCUT2D eigenvalue weighted by Crippen LogP contribution is 2.52. The highest BCUT2D eigenvalue weighted by molar-refractivity contribution is 7.26. The molecule has 262 valence electrons. The first-order chi connectivity index (χ1) is 27.8. The van der Waals surface area contributed by atoms with Crippen molar-refractivity contribution in [3.05, 3.63) is 188 Å². The summed E-state index contributed by atoms with van der Waals surface area (Å²) in [5, 5.41) is 9.17. The summed E-state index contributed by atoms with van der Waals surface area (Å²) in [4.78, 5) is 2.40. The molecular weight excluding hydrogens is 703 g/mol. The summed E-state index contributed by atoms with van der Waals surface area (Å²) in [7, 11) is 0. The molecule has 0 N–H and O–H groups in total. The van der Waals surface area contributed by atoms with E-state index < -0.39 is 0 Å². The third-order valence-electron chi connectivity index (χ3n) is 11.3. The topological polar surface area (TPSA) is 29.5 Å². The minimum atomic E-state index is 0.827. The Morgan fingerprint density at radius 2 is 1.07 bits per heavy atom. The number of nitrogens with zero attached hydrogens (tertiary/aromatic N) is 1. The maximum Gasteiger partial charge on any atom is 0.160 e. The van der Waals surface area contributed by atoms with E-state index in [9.17, 15) is 0 Å². The first-order valence-corrected chi connectivity index (χ1v) is 19.7. The zero-order valence-corrected chi connectivity index (χ0v) is 30.9. The summed E-state index contributed by atoms with van der Waals surface area (Å²) in [6.45, 7) is 0. The van der Waals surface area contributed by atoms with Crippen LogP contribution < -0.4 is 4.90 Å². The fraction of sp³-hybridized carbons (Fsp3) is 0. The van der Waals surface area contributed by atoms with Gasteiger partial charge in [-0.05, 0) is 76.5 Å². The SMILES string of the molecule is c1ccc(-c2ccc(N(c3ccc4ccccc4c3)c3c(-c4cccc5c4sc4ccccc45)ccc4c3oc3ccc5oc6ccccc6c5c34)cc2)cc1. The number of para-hydroxylation sites is 1. The quantitative estimate of drug-likeness (QED) is 0.176. The predicted octanol–water partition coefficient (Wildman–Crippen LogP) is 15.8. The average Bonchev–Trinajstić information content (AvgIpc) is 3.96. The van der Waals surface area contributed by atoms with E-state index in [1.807, 2.05) is 29.5 Å². The first kappa shape index (κ1) is 31.2. The number of furan rings is 2. The van der Waals surface area contributed by atoms with E-state index in [0.29, 0.717) is 0 Å². The van der Waals surface area contributed by atoms with Gasteiger partial charge >= 0.3 is 0 Å². The van der Waals surface area contributed by atoms with E-state index in [0.717, 1.165) is 66.5 Å². The van der Waals surface area contributed by atoms with Crippen molar-refractivity contribution in [2.45, 2.75) is 0 Å². The van der Waals surface area contributed by atoms with E-state index >= 15 is 0 Å². The van der Waals surface area contributed by atoms with Gasteiger partial charge < -0.3 is 13.7 Å². The van der Waals surface area contributed by atoms with Crippen molar-refractivity contribution in [3.8, 4) is 22.3 Å². The van der Waals surface area contributed by atoms with Crippen LogP contribution in [-0.2, 0) is 0 Å². The average molecular weight is 734 g/mol. The van der Waals surface area contributed by atoms with E-state index in [-0.39, 0.29) is 0 Å². The molecule has 4 heteroatoms. The van der Waals surface area contributed by atoms with Crippen LogP contribution in [0.5, 0.6) is 0 Å². The molecule has 0 aliphatic carbocycles. The summed E-state index contributed by atoms with van der Waals surface area (Å²) in [6.07, 6.45) is 0. The Morgan fingerprint density at radius 3 is 1.95 bits per heavy atom. The van der Waals surface area contributed by atoms with Gasteiger partial charge in [-0.15, -0.1) is 11.3 Å². The van der Waals surface area contributed by atoms with Crippen LogP contribution in [0, 0.1) is 0 Å². The highest BCUT2D eigenvalue weighted by atomic mass is 32.1. The van der Waals surface area contributed by atoms with Gasteiger partial charge in [0.2, 0.25) is 0 Å². The molecule has 56 heavy (non-hydrogen) atoms. The summed E-state index contributed by atoms with van der Waals surface area (Å²) < 4.78 is 16.1. The normalized spacial score (nSPS) is 11.9. The van der Waals surface area contributed by atoms with Gasteiger partial charge in [0.25, 0.3) is 0 Å². The molecule has 0 aliphatic rings. The molecule has 3 nitrogen and oxygen atoms in total. The van der Waals surface area contributed by atoms with Gasteiger partial charge in [-0.2, -0.15) is 0 Å². The number of rotatable bonds is 5. The molecule has 0 bridgehead atoms. The number of hydrogen-bond acceptors (Lipinski definition) is 4. The lowest BCUT2D eigenvalue weighted by Gasteiger charge is -2.28. The lowest BCUT2D eigenvalue weighted by molar-refractivity contribution is 0.663. The molecule has 9 aromatic carbocycles. The van der Waals surface area contributed by atoms with Gasteiger partial charge in [-0.25, -0.2) is 0 Å². The third-order valence-corrected chi connectivity index (χ3v) is 12.5. The Balaban J connectivity index is 1.21. The van der Waals surface area contributed by atoms with Crippen molar-refractivity contribution in [3.63, 3.8) is 0 Å². The second-order valence-electron chi connectivity index (χ2n) is 14.4. The molecule has 3 heterocycles. The van der Waals surface area contributed by atoms with Crippen LogP contribution in [0.15, 0.2) is 197 Å². The van der Waals surface area contributed by atoms with E-state index in [4.69, 9.17) is 8.83 Å². The molecule has 0 saturated heterocycles. The van der Waals surface area contributed by atoms with Gasteiger partial charge in [0, 0.05) is 64.2 Å². The van der Waals surface area contributed by atoms with Crippen LogP contribution in [0.2, 0.25) is 0 Å². The molecule has 0 fully saturated rings. The Bertz CT molecular complexity index is 3480. The third kappa shape index (κ3) is 4.70. The monoisotopic (exact) mass is 733 g/mol. The Morgan fingerprint density at radius 1 is 0.393 bits per heavy atom. The van der Waals surface area contributed by atoms with Crippen molar-refractivity contribution in [2.75, 3.05) is 4.90 Å². The largest absolute Gasteiger partial charge is 0.456 e. The summed E-state index contributed by atoms with van der Waals surface area (Å²) >= 11 is 1.85. The predicted molar refractivity (Wildman–Crippen MR) is 237 cm³/mol. The Labute approximate surface area is 325 Å². The summed E-state index contributed by atoms with van der Waals surface area (Å²) in [5.74, 6) is 0. The van der Waals surface area contributed by atoms with E-state index in [1.54, 1.807) is 0 Å². The van der Waals surface area contributed by atoms with E-state index in [1.165, 1.54) is 47.6 Å². The van der Waals surface area contributed by atoms with Crippen molar-refractivity contribution in [1.82, 2.24) is 0 Å². The van der Waals surface area contributed by atoms with Crippen molar-refractivity contribution in [1.29, 1.82) is 0 Å². The number of hydrogen-bond donors (Lipinski definition) is 0. The van der Waals surface area contributed by atoms with Crippen molar-refractivity contribution >= 4 is 103 Å². The van der Waals surface area contributed by atoms with Crippen LogP contribution in [0.25, 0.3) is 97.1 Å². The highest BCUT2D eigenvalue weighted by Gasteiger charge is 2.27. The molecule has 0 saturated carbocycles. The summed E-state index contributed by atoms with van der Waals surface area (Å²) in [6, 6.07) is 67.2. The number of anilines is 3. The fourth-order valence-electron chi connectivity index (χ4n) is 8.69. The number of fused-ring (bicyclic) bond motifs is 11. The van der Waals surface area contributed by atoms with Gasteiger partial charge in [-0.1, -0.05) is 133 Å². The second-order valence-corrected chi connectivity index (χ2v) is 15.5. The van der Waals surface area contributed by atoms with Gasteiger partial charge in [-0.3, -0.25) is 0 Å². The van der Waals surface area contributed by atoms with Gasteiger partial charge in [0.15, 0.2) is 5.58 Å². The zero-order valence-electron chi connectivity index (χ0n) is 30.1. The standard InChI is InChI=1S/C52H31NO2S/c1-2-11-32(12-3-1)34-21-24-36(25-22-34)53(37-26-23-33-13-4-5-14-35(33)31-37)50-39(41-18-10-17-40-38-15-7-9-20-47(38)56-52(40)41)27-28-43-49-46(55-51(43)50)30-29-45-48(49)42-16-6-8-19-44(42)54-45/h1-31H. The van der Waals surface area contributed by atoms with E-state index in [2.05, 4.69) is 175 Å². The van der Waals surface area contributed by atoms with Crippen molar-refractivity contribution in [2.24, 2.45) is 0 Å². The number of benzene rings is 9.